The van der Waals surface area contributed by atoms with Crippen molar-refractivity contribution in [1.29, 1.82) is 0 Å². The molecule has 0 spiro atoms. The van der Waals surface area contributed by atoms with E-state index >= 15 is 0 Å². The minimum atomic E-state index is -2.79. The van der Waals surface area contributed by atoms with Gasteiger partial charge in [0.25, 0.3) is 0 Å². The molecule has 130 valence electrons. The molecule has 0 aromatic carbocycles. The summed E-state index contributed by atoms with van der Waals surface area (Å²) in [5.41, 5.74) is 5.82. The molecule has 0 amide bonds. The zero-order valence-electron chi connectivity index (χ0n) is 13.9. The van der Waals surface area contributed by atoms with Crippen LogP contribution in [0.4, 0.5) is 0 Å². The Bertz CT molecular complexity index is 409. The predicted octanol–water partition coefficient (Wildman–Crippen LogP) is 0.982. The van der Waals surface area contributed by atoms with Gasteiger partial charge in [-0.25, -0.2) is 8.42 Å². The molecule has 1 heterocycles. The monoisotopic (exact) mass is 332 g/mol. The summed E-state index contributed by atoms with van der Waals surface area (Å²) in [4.78, 5) is 6.46. The Kier molecular flexibility index (Phi) is 9.47. The van der Waals surface area contributed by atoms with Crippen molar-refractivity contribution in [2.24, 2.45) is 10.7 Å². The highest BCUT2D eigenvalue weighted by molar-refractivity contribution is 7.91. The fourth-order valence-electron chi connectivity index (χ4n) is 2.46. The number of aliphatic imine (C=N–C) groups is 1. The van der Waals surface area contributed by atoms with Crippen LogP contribution in [0.25, 0.3) is 0 Å². The van der Waals surface area contributed by atoms with E-state index in [1.165, 1.54) is 32.1 Å². The van der Waals surface area contributed by atoms with Crippen LogP contribution in [0.5, 0.6) is 0 Å². The third-order valence-electron chi connectivity index (χ3n) is 3.97. The van der Waals surface area contributed by atoms with Crippen LogP contribution in [0, 0.1) is 0 Å². The van der Waals surface area contributed by atoms with E-state index in [-0.39, 0.29) is 11.5 Å². The Morgan fingerprint density at radius 3 is 2.45 bits per heavy atom. The van der Waals surface area contributed by atoms with Gasteiger partial charge in [-0.05, 0) is 6.42 Å². The molecule has 22 heavy (non-hydrogen) atoms. The first kappa shape index (κ1) is 19.2. The van der Waals surface area contributed by atoms with Gasteiger partial charge in [0.05, 0.1) is 11.5 Å². The lowest BCUT2D eigenvalue weighted by Gasteiger charge is -2.26. The number of guanidine groups is 1. The smallest absolute Gasteiger partial charge is 0.188 e. The molecule has 6 nitrogen and oxygen atoms in total. The third-order valence-corrected chi connectivity index (χ3v) is 5.57. The highest BCUT2D eigenvalue weighted by atomic mass is 32.2. The topological polar surface area (TPSA) is 87.8 Å². The van der Waals surface area contributed by atoms with Crippen molar-refractivity contribution < 1.29 is 8.42 Å². The normalized spacial score (nSPS) is 19.2. The zero-order chi connectivity index (χ0) is 16.3. The van der Waals surface area contributed by atoms with Crippen LogP contribution in [0.1, 0.15) is 45.4 Å². The molecule has 3 N–H and O–H groups in total. The second-order valence-corrected chi connectivity index (χ2v) is 8.26. The van der Waals surface area contributed by atoms with Crippen molar-refractivity contribution in [1.82, 2.24) is 10.2 Å². The first-order valence-corrected chi connectivity index (χ1v) is 10.3. The van der Waals surface area contributed by atoms with Crippen molar-refractivity contribution in [2.75, 3.05) is 44.2 Å². The van der Waals surface area contributed by atoms with Crippen molar-refractivity contribution in [2.45, 2.75) is 45.4 Å². The quantitative estimate of drug-likeness (QED) is 0.354. The van der Waals surface area contributed by atoms with E-state index in [0.717, 1.165) is 19.5 Å². The second kappa shape index (κ2) is 10.8. The molecule has 0 aliphatic carbocycles. The average molecular weight is 333 g/mol. The first-order valence-electron chi connectivity index (χ1n) is 8.50. The van der Waals surface area contributed by atoms with Crippen LogP contribution in [0.3, 0.4) is 0 Å². The standard InChI is InChI=1S/C15H32N4O2S/c1-2-3-4-5-6-7-8-17-15(16)18-9-10-19-11-13-22(20,21)14-12-19/h2-14H2,1H3,(H3,16,17,18). The Labute approximate surface area is 135 Å². The molecule has 0 unspecified atom stereocenters. The number of rotatable bonds is 10. The van der Waals surface area contributed by atoms with Gasteiger partial charge in [0.1, 0.15) is 0 Å². The molecule has 0 aromatic heterocycles. The van der Waals surface area contributed by atoms with Gasteiger partial charge in [-0.3, -0.25) is 9.89 Å². The van der Waals surface area contributed by atoms with Gasteiger partial charge in [-0.2, -0.15) is 0 Å². The van der Waals surface area contributed by atoms with Crippen LogP contribution in [0.15, 0.2) is 4.99 Å². The van der Waals surface area contributed by atoms with E-state index in [1.54, 1.807) is 0 Å². The van der Waals surface area contributed by atoms with Crippen LogP contribution in [0.2, 0.25) is 0 Å². The van der Waals surface area contributed by atoms with Crippen molar-refractivity contribution in [3.8, 4) is 0 Å². The SMILES string of the molecule is CCCCCCCCN=C(N)NCCN1CCS(=O)(=O)CC1. The number of nitrogens with two attached hydrogens (primary N) is 1. The van der Waals surface area contributed by atoms with E-state index in [9.17, 15) is 8.42 Å². The molecule has 0 saturated carbocycles. The van der Waals surface area contributed by atoms with Crippen LogP contribution in [-0.2, 0) is 9.84 Å². The molecule has 0 bridgehead atoms. The van der Waals surface area contributed by atoms with Crippen LogP contribution < -0.4 is 11.1 Å². The fraction of sp³-hybridized carbons (Fsp3) is 0.933. The lowest BCUT2D eigenvalue weighted by atomic mass is 10.1. The predicted molar refractivity (Wildman–Crippen MR) is 93.0 cm³/mol. The van der Waals surface area contributed by atoms with Gasteiger partial charge in [-0.1, -0.05) is 39.0 Å². The van der Waals surface area contributed by atoms with Gasteiger partial charge < -0.3 is 11.1 Å². The molecule has 0 aromatic rings. The van der Waals surface area contributed by atoms with Crippen LogP contribution >= 0.6 is 0 Å². The molecular formula is C15H32N4O2S. The summed E-state index contributed by atoms with van der Waals surface area (Å²) in [6, 6.07) is 0. The van der Waals surface area contributed by atoms with Gasteiger partial charge >= 0.3 is 0 Å². The molecule has 1 saturated heterocycles. The van der Waals surface area contributed by atoms with E-state index in [4.69, 9.17) is 5.73 Å². The number of nitrogens with one attached hydrogen (secondary N) is 1. The maximum Gasteiger partial charge on any atom is 0.188 e. The summed E-state index contributed by atoms with van der Waals surface area (Å²) in [7, 11) is -2.79. The van der Waals surface area contributed by atoms with Crippen molar-refractivity contribution in [3.63, 3.8) is 0 Å². The molecule has 1 aliphatic rings. The van der Waals surface area contributed by atoms with E-state index in [2.05, 4.69) is 22.1 Å². The van der Waals surface area contributed by atoms with E-state index < -0.39 is 9.84 Å². The van der Waals surface area contributed by atoms with E-state index in [0.29, 0.717) is 25.6 Å². The number of hydrogen-bond donors (Lipinski definition) is 2. The van der Waals surface area contributed by atoms with Gasteiger partial charge in [0.2, 0.25) is 0 Å². The van der Waals surface area contributed by atoms with E-state index in [1.807, 2.05) is 0 Å². The molecule has 1 fully saturated rings. The number of hydrogen-bond acceptors (Lipinski definition) is 4. The van der Waals surface area contributed by atoms with Gasteiger partial charge in [0, 0.05) is 32.7 Å². The number of nitrogens with zero attached hydrogens (tertiary/aromatic N) is 2. The molecule has 0 atom stereocenters. The minimum absolute atomic E-state index is 0.272. The third kappa shape index (κ3) is 9.25. The maximum atomic E-state index is 11.3. The maximum absolute atomic E-state index is 11.3. The second-order valence-electron chi connectivity index (χ2n) is 5.95. The summed E-state index contributed by atoms with van der Waals surface area (Å²) >= 11 is 0. The highest BCUT2D eigenvalue weighted by Crippen LogP contribution is 2.04. The number of sulfone groups is 1. The first-order chi connectivity index (χ1) is 10.5. The Hall–Kier alpha value is -0.820. The lowest BCUT2D eigenvalue weighted by molar-refractivity contribution is 0.300. The molecule has 0 radical (unpaired) electrons. The Balaban J connectivity index is 2.01. The largest absolute Gasteiger partial charge is 0.370 e. The average Bonchev–Trinajstić information content (AvgIpc) is 2.48. The van der Waals surface area contributed by atoms with Crippen LogP contribution in [-0.4, -0.2) is 63.5 Å². The van der Waals surface area contributed by atoms with Gasteiger partial charge in [-0.15, -0.1) is 0 Å². The molecule has 7 heteroatoms. The summed E-state index contributed by atoms with van der Waals surface area (Å²) in [5.74, 6) is 1.04. The summed E-state index contributed by atoms with van der Waals surface area (Å²) in [6.07, 6.45) is 7.52. The summed E-state index contributed by atoms with van der Waals surface area (Å²) < 4.78 is 22.7. The summed E-state index contributed by atoms with van der Waals surface area (Å²) in [5, 5.41) is 3.10. The highest BCUT2D eigenvalue weighted by Gasteiger charge is 2.20. The Morgan fingerprint density at radius 2 is 1.77 bits per heavy atom. The Morgan fingerprint density at radius 1 is 1.14 bits per heavy atom. The molecule has 1 aliphatic heterocycles. The minimum Gasteiger partial charge on any atom is -0.370 e. The lowest BCUT2D eigenvalue weighted by Crippen LogP contribution is -2.44. The molecular weight excluding hydrogens is 300 g/mol. The zero-order valence-corrected chi connectivity index (χ0v) is 14.7. The van der Waals surface area contributed by atoms with Gasteiger partial charge in [0.15, 0.2) is 15.8 Å². The number of unbranched alkanes of at least 4 members (excludes halogenated alkanes) is 5. The summed E-state index contributed by atoms with van der Waals surface area (Å²) in [6.45, 7) is 5.78. The molecule has 1 rings (SSSR count). The van der Waals surface area contributed by atoms with Crippen molar-refractivity contribution >= 4 is 15.8 Å². The van der Waals surface area contributed by atoms with Crippen molar-refractivity contribution in [3.05, 3.63) is 0 Å². The fourth-order valence-corrected chi connectivity index (χ4v) is 3.74.